The van der Waals surface area contributed by atoms with E-state index in [0.717, 1.165) is 28.6 Å². The number of nitrogens with zero attached hydrogens (tertiary/aromatic N) is 2. The second kappa shape index (κ2) is 8.05. The van der Waals surface area contributed by atoms with E-state index in [0.29, 0.717) is 24.5 Å². The van der Waals surface area contributed by atoms with Crippen molar-refractivity contribution in [3.63, 3.8) is 0 Å². The van der Waals surface area contributed by atoms with E-state index in [1.165, 1.54) is 18.5 Å². The lowest BCUT2D eigenvalue weighted by Gasteiger charge is -2.07. The maximum absolute atomic E-state index is 13.3. The van der Waals surface area contributed by atoms with Gasteiger partial charge < -0.3 is 15.6 Å². The van der Waals surface area contributed by atoms with Gasteiger partial charge in [-0.2, -0.15) is 0 Å². The van der Waals surface area contributed by atoms with Gasteiger partial charge in [-0.05, 0) is 30.2 Å². The summed E-state index contributed by atoms with van der Waals surface area (Å²) in [5, 5.41) is 6.75. The number of halogens is 2. The number of benzene rings is 2. The number of para-hydroxylation sites is 1. The Morgan fingerprint density at radius 2 is 1.90 bits per heavy atom. The zero-order chi connectivity index (χ0) is 20.2. The normalized spacial score (nSPS) is 10.8. The van der Waals surface area contributed by atoms with Crippen molar-refractivity contribution in [2.75, 3.05) is 11.9 Å². The highest BCUT2D eigenvalue weighted by Gasteiger charge is 2.09. The molecule has 0 saturated carbocycles. The van der Waals surface area contributed by atoms with Crippen LogP contribution in [0.25, 0.3) is 10.9 Å². The van der Waals surface area contributed by atoms with Crippen LogP contribution in [0, 0.1) is 11.6 Å². The fraction of sp³-hybridized carbons (Fsp3) is 0.0952. The number of carbonyl (C=O) groups is 1. The van der Waals surface area contributed by atoms with Crippen LogP contribution in [0.15, 0.2) is 61.1 Å². The van der Waals surface area contributed by atoms with Crippen LogP contribution < -0.4 is 10.6 Å². The molecule has 0 aliphatic rings. The Balaban J connectivity index is 1.33. The Morgan fingerprint density at radius 3 is 2.69 bits per heavy atom. The Bertz CT molecular complexity index is 1160. The summed E-state index contributed by atoms with van der Waals surface area (Å²) in [5.41, 5.74) is 2.68. The van der Waals surface area contributed by atoms with Gasteiger partial charge in [0.1, 0.15) is 11.5 Å². The van der Waals surface area contributed by atoms with Gasteiger partial charge >= 0.3 is 0 Å². The minimum atomic E-state index is -0.964. The number of hydrogen-bond acceptors (Lipinski definition) is 4. The van der Waals surface area contributed by atoms with E-state index in [1.807, 2.05) is 30.5 Å². The largest absolute Gasteiger partial charge is 0.361 e. The van der Waals surface area contributed by atoms with Gasteiger partial charge in [0, 0.05) is 35.4 Å². The molecule has 4 rings (SSSR count). The lowest BCUT2D eigenvalue weighted by Crippen LogP contribution is -2.26. The molecule has 29 heavy (non-hydrogen) atoms. The van der Waals surface area contributed by atoms with E-state index in [2.05, 4.69) is 25.6 Å². The van der Waals surface area contributed by atoms with Crippen molar-refractivity contribution in [3.05, 3.63) is 83.9 Å². The van der Waals surface area contributed by atoms with Crippen LogP contribution >= 0.6 is 0 Å². The van der Waals surface area contributed by atoms with Gasteiger partial charge in [-0.15, -0.1) is 0 Å². The zero-order valence-electron chi connectivity index (χ0n) is 15.2. The predicted molar refractivity (Wildman–Crippen MR) is 106 cm³/mol. The smallest absolute Gasteiger partial charge is 0.271 e. The number of aromatic amines is 1. The van der Waals surface area contributed by atoms with Gasteiger partial charge in [0.25, 0.3) is 5.91 Å². The number of nitrogens with one attached hydrogen (secondary N) is 3. The second-order valence-corrected chi connectivity index (χ2v) is 6.41. The number of H-pyrrole nitrogens is 1. The third-order valence-corrected chi connectivity index (χ3v) is 4.43. The highest BCUT2D eigenvalue weighted by Crippen LogP contribution is 2.18. The molecular weight excluding hydrogens is 376 g/mol. The van der Waals surface area contributed by atoms with E-state index in [9.17, 15) is 13.6 Å². The van der Waals surface area contributed by atoms with Crippen molar-refractivity contribution in [2.24, 2.45) is 0 Å². The van der Waals surface area contributed by atoms with Crippen LogP contribution in [-0.4, -0.2) is 27.4 Å². The molecule has 2 aromatic carbocycles. The summed E-state index contributed by atoms with van der Waals surface area (Å²) < 4.78 is 26.2. The number of carbonyl (C=O) groups excluding carboxylic acids is 1. The Kier molecular flexibility index (Phi) is 5.15. The maximum Gasteiger partial charge on any atom is 0.271 e. The van der Waals surface area contributed by atoms with Gasteiger partial charge in [-0.3, -0.25) is 4.79 Å². The van der Waals surface area contributed by atoms with Crippen LogP contribution in [0.4, 0.5) is 20.3 Å². The molecule has 0 spiro atoms. The molecule has 0 aliphatic carbocycles. The maximum atomic E-state index is 13.3. The summed E-state index contributed by atoms with van der Waals surface area (Å²) in [7, 11) is 0. The quantitative estimate of drug-likeness (QED) is 0.463. The molecule has 2 heterocycles. The number of hydrogen-bond donors (Lipinski definition) is 3. The summed E-state index contributed by atoms with van der Waals surface area (Å²) in [6, 6.07) is 11.4. The highest BCUT2D eigenvalue weighted by atomic mass is 19.2. The molecule has 0 aliphatic heterocycles. The first kappa shape index (κ1) is 18.5. The van der Waals surface area contributed by atoms with Crippen LogP contribution in [0.2, 0.25) is 0 Å². The van der Waals surface area contributed by atoms with Crippen molar-refractivity contribution in [3.8, 4) is 0 Å². The molecular formula is C21H17F2N5O. The summed E-state index contributed by atoms with van der Waals surface area (Å²) in [4.78, 5) is 23.6. The zero-order valence-corrected chi connectivity index (χ0v) is 15.2. The molecule has 0 radical (unpaired) electrons. The third-order valence-electron chi connectivity index (χ3n) is 4.43. The van der Waals surface area contributed by atoms with E-state index in [1.54, 1.807) is 0 Å². The highest BCUT2D eigenvalue weighted by molar-refractivity contribution is 5.92. The first-order chi connectivity index (χ1) is 14.1. The van der Waals surface area contributed by atoms with E-state index >= 15 is 0 Å². The van der Waals surface area contributed by atoms with Crippen LogP contribution in [0.3, 0.4) is 0 Å². The third kappa shape index (κ3) is 4.21. The summed E-state index contributed by atoms with van der Waals surface area (Å²) in [6.45, 7) is 0.456. The van der Waals surface area contributed by atoms with Crippen molar-refractivity contribution in [1.82, 2.24) is 20.3 Å². The molecule has 146 valence electrons. The summed E-state index contributed by atoms with van der Waals surface area (Å²) in [5.74, 6) is -1.92. The number of aromatic nitrogens is 3. The molecule has 0 atom stereocenters. The standard InChI is InChI=1S/C21H17F2N5O/c22-16-6-5-14(9-17(16)23)28-20-12-26-19(11-27-20)21(29)24-8-7-13-10-25-18-4-2-1-3-15(13)18/h1-6,9-12,25H,7-8H2,(H,24,29)(H,27,28). The molecule has 4 aromatic rings. The molecule has 0 bridgehead atoms. The van der Waals surface area contributed by atoms with Crippen LogP contribution in [0.1, 0.15) is 16.1 Å². The van der Waals surface area contributed by atoms with Crippen molar-refractivity contribution < 1.29 is 13.6 Å². The average molecular weight is 393 g/mol. The number of fused-ring (bicyclic) bond motifs is 1. The van der Waals surface area contributed by atoms with Gasteiger partial charge in [0.2, 0.25) is 0 Å². The minimum absolute atomic E-state index is 0.166. The molecule has 8 heteroatoms. The van der Waals surface area contributed by atoms with Gasteiger partial charge in [0.05, 0.1) is 12.4 Å². The van der Waals surface area contributed by atoms with E-state index in [-0.39, 0.29) is 11.6 Å². The van der Waals surface area contributed by atoms with E-state index < -0.39 is 11.6 Å². The summed E-state index contributed by atoms with van der Waals surface area (Å²) in [6.07, 6.45) is 5.30. The number of anilines is 2. The molecule has 3 N–H and O–H groups in total. The van der Waals surface area contributed by atoms with Gasteiger partial charge in [-0.1, -0.05) is 18.2 Å². The minimum Gasteiger partial charge on any atom is -0.361 e. The fourth-order valence-electron chi connectivity index (χ4n) is 2.97. The van der Waals surface area contributed by atoms with Crippen molar-refractivity contribution in [2.45, 2.75) is 6.42 Å². The first-order valence-electron chi connectivity index (χ1n) is 8.97. The Hall–Kier alpha value is -3.81. The molecule has 0 fully saturated rings. The fourth-order valence-corrected chi connectivity index (χ4v) is 2.97. The number of rotatable bonds is 6. The number of amides is 1. The van der Waals surface area contributed by atoms with Crippen molar-refractivity contribution in [1.29, 1.82) is 0 Å². The lowest BCUT2D eigenvalue weighted by molar-refractivity contribution is 0.0949. The Morgan fingerprint density at radius 1 is 1.03 bits per heavy atom. The molecule has 0 unspecified atom stereocenters. The lowest BCUT2D eigenvalue weighted by atomic mass is 10.1. The molecule has 6 nitrogen and oxygen atoms in total. The van der Waals surface area contributed by atoms with Crippen molar-refractivity contribution >= 4 is 28.3 Å². The van der Waals surface area contributed by atoms with Gasteiger partial charge in [0.15, 0.2) is 11.6 Å². The monoisotopic (exact) mass is 393 g/mol. The van der Waals surface area contributed by atoms with E-state index in [4.69, 9.17) is 0 Å². The summed E-state index contributed by atoms with van der Waals surface area (Å²) >= 11 is 0. The van der Waals surface area contributed by atoms with Gasteiger partial charge in [-0.25, -0.2) is 18.7 Å². The first-order valence-corrected chi connectivity index (χ1v) is 8.97. The van der Waals surface area contributed by atoms with Crippen LogP contribution in [0.5, 0.6) is 0 Å². The Labute approximate surface area is 165 Å². The average Bonchev–Trinajstić information content (AvgIpc) is 3.14. The van der Waals surface area contributed by atoms with Crippen LogP contribution in [-0.2, 0) is 6.42 Å². The second-order valence-electron chi connectivity index (χ2n) is 6.41. The SMILES string of the molecule is O=C(NCCc1c[nH]c2ccccc12)c1cnc(Nc2ccc(F)c(F)c2)cn1. The predicted octanol–water partition coefficient (Wildman–Crippen LogP) is 3.95. The molecule has 2 aromatic heterocycles. The topological polar surface area (TPSA) is 82.7 Å². The molecule has 0 saturated heterocycles. The molecule has 1 amide bonds.